The van der Waals surface area contributed by atoms with Crippen molar-refractivity contribution in [1.82, 2.24) is 10.2 Å². The summed E-state index contributed by atoms with van der Waals surface area (Å²) in [6, 6.07) is 0.668. The second-order valence-corrected chi connectivity index (χ2v) is 4.44. The average molecular weight is 200 g/mol. The van der Waals surface area contributed by atoms with Gasteiger partial charge in [0.25, 0.3) is 0 Å². The second-order valence-electron chi connectivity index (χ2n) is 4.44. The zero-order chi connectivity index (χ0) is 10.4. The number of nitrogens with one attached hydrogen (secondary N) is 1. The standard InChI is InChI=1S/C11H24N2O/c1-12-11(4-7-13(2)3)10-5-8-14-9-6-10/h10-12H,4-9H2,1-3H3. The number of hydrogen-bond donors (Lipinski definition) is 1. The second kappa shape index (κ2) is 6.38. The average Bonchev–Trinajstić information content (AvgIpc) is 2.20. The van der Waals surface area contributed by atoms with Gasteiger partial charge < -0.3 is 15.0 Å². The Kier molecular flexibility index (Phi) is 5.45. The van der Waals surface area contributed by atoms with Crippen molar-refractivity contribution >= 4 is 0 Å². The van der Waals surface area contributed by atoms with E-state index >= 15 is 0 Å². The van der Waals surface area contributed by atoms with Gasteiger partial charge in [0.15, 0.2) is 0 Å². The van der Waals surface area contributed by atoms with Crippen LogP contribution in [0, 0.1) is 5.92 Å². The van der Waals surface area contributed by atoms with E-state index in [0.29, 0.717) is 6.04 Å². The van der Waals surface area contributed by atoms with E-state index in [1.54, 1.807) is 0 Å². The molecule has 0 aromatic heterocycles. The molecule has 1 aliphatic heterocycles. The fraction of sp³-hybridized carbons (Fsp3) is 1.00. The zero-order valence-electron chi connectivity index (χ0n) is 9.75. The minimum absolute atomic E-state index is 0.668. The molecule has 0 spiro atoms. The number of ether oxygens (including phenoxy) is 1. The van der Waals surface area contributed by atoms with Crippen molar-refractivity contribution in [2.45, 2.75) is 25.3 Å². The Morgan fingerprint density at radius 2 is 2.00 bits per heavy atom. The molecule has 0 amide bonds. The first-order valence-corrected chi connectivity index (χ1v) is 5.63. The van der Waals surface area contributed by atoms with Crippen LogP contribution in [0.1, 0.15) is 19.3 Å². The fourth-order valence-corrected chi connectivity index (χ4v) is 2.13. The summed E-state index contributed by atoms with van der Waals surface area (Å²) in [6.07, 6.45) is 3.69. The van der Waals surface area contributed by atoms with Crippen molar-refractivity contribution in [1.29, 1.82) is 0 Å². The van der Waals surface area contributed by atoms with Crippen LogP contribution in [0.4, 0.5) is 0 Å². The lowest BCUT2D eigenvalue weighted by atomic mass is 9.90. The molecule has 0 bridgehead atoms. The maximum absolute atomic E-state index is 5.38. The molecule has 3 heteroatoms. The normalized spacial score (nSPS) is 21.4. The lowest BCUT2D eigenvalue weighted by molar-refractivity contribution is 0.0527. The Morgan fingerprint density at radius 1 is 1.36 bits per heavy atom. The lowest BCUT2D eigenvalue weighted by Gasteiger charge is -2.30. The SMILES string of the molecule is CNC(CCN(C)C)C1CCOCC1. The molecule has 0 aromatic carbocycles. The fourth-order valence-electron chi connectivity index (χ4n) is 2.13. The summed E-state index contributed by atoms with van der Waals surface area (Å²) >= 11 is 0. The molecule has 3 nitrogen and oxygen atoms in total. The summed E-state index contributed by atoms with van der Waals surface area (Å²) in [6.45, 7) is 3.07. The molecule has 1 fully saturated rings. The molecule has 14 heavy (non-hydrogen) atoms. The van der Waals surface area contributed by atoms with E-state index in [1.807, 2.05) is 0 Å². The summed E-state index contributed by atoms with van der Waals surface area (Å²) in [7, 11) is 6.35. The number of hydrogen-bond acceptors (Lipinski definition) is 3. The molecule has 1 unspecified atom stereocenters. The summed E-state index contributed by atoms with van der Waals surface area (Å²) in [5.41, 5.74) is 0. The van der Waals surface area contributed by atoms with Crippen molar-refractivity contribution in [2.75, 3.05) is 40.9 Å². The predicted octanol–water partition coefficient (Wildman–Crippen LogP) is 0.953. The topological polar surface area (TPSA) is 24.5 Å². The van der Waals surface area contributed by atoms with E-state index in [-0.39, 0.29) is 0 Å². The van der Waals surface area contributed by atoms with Crippen LogP contribution in [0.3, 0.4) is 0 Å². The van der Waals surface area contributed by atoms with E-state index in [0.717, 1.165) is 19.1 Å². The van der Waals surface area contributed by atoms with Crippen molar-refractivity contribution in [3.63, 3.8) is 0 Å². The molecule has 1 saturated heterocycles. The molecule has 0 radical (unpaired) electrons. The van der Waals surface area contributed by atoms with Gasteiger partial charge in [-0.2, -0.15) is 0 Å². The summed E-state index contributed by atoms with van der Waals surface area (Å²) < 4.78 is 5.38. The van der Waals surface area contributed by atoms with Gasteiger partial charge in [0, 0.05) is 19.3 Å². The molecule has 0 aromatic rings. The molecule has 1 aliphatic rings. The third-order valence-electron chi connectivity index (χ3n) is 3.09. The van der Waals surface area contributed by atoms with E-state index in [9.17, 15) is 0 Å². The van der Waals surface area contributed by atoms with E-state index in [1.165, 1.54) is 25.8 Å². The summed E-state index contributed by atoms with van der Waals surface area (Å²) in [4.78, 5) is 2.25. The largest absolute Gasteiger partial charge is 0.381 e. The van der Waals surface area contributed by atoms with E-state index < -0.39 is 0 Å². The Labute approximate surface area is 87.8 Å². The van der Waals surface area contributed by atoms with Crippen molar-refractivity contribution in [2.24, 2.45) is 5.92 Å². The van der Waals surface area contributed by atoms with Crippen LogP contribution in [0.25, 0.3) is 0 Å². The Balaban J connectivity index is 2.28. The van der Waals surface area contributed by atoms with Gasteiger partial charge in [-0.1, -0.05) is 0 Å². The molecule has 1 N–H and O–H groups in total. The molecule has 1 heterocycles. The smallest absolute Gasteiger partial charge is 0.0469 e. The maximum atomic E-state index is 5.38. The summed E-state index contributed by atoms with van der Waals surface area (Å²) in [5.74, 6) is 0.814. The van der Waals surface area contributed by atoms with Crippen molar-refractivity contribution in [3.05, 3.63) is 0 Å². The Morgan fingerprint density at radius 3 is 2.50 bits per heavy atom. The first-order valence-electron chi connectivity index (χ1n) is 5.63. The third kappa shape index (κ3) is 3.95. The molecule has 0 aliphatic carbocycles. The van der Waals surface area contributed by atoms with Gasteiger partial charge in [0.1, 0.15) is 0 Å². The first kappa shape index (κ1) is 12.0. The van der Waals surface area contributed by atoms with E-state index in [2.05, 4.69) is 31.4 Å². The highest BCUT2D eigenvalue weighted by molar-refractivity contribution is 4.77. The Bertz CT molecular complexity index is 144. The van der Waals surface area contributed by atoms with Gasteiger partial charge in [-0.3, -0.25) is 0 Å². The monoisotopic (exact) mass is 200 g/mol. The van der Waals surface area contributed by atoms with Gasteiger partial charge in [-0.25, -0.2) is 0 Å². The first-order chi connectivity index (χ1) is 6.74. The number of rotatable bonds is 5. The van der Waals surface area contributed by atoms with Gasteiger partial charge >= 0.3 is 0 Å². The van der Waals surface area contributed by atoms with Crippen LogP contribution in [0.15, 0.2) is 0 Å². The zero-order valence-corrected chi connectivity index (χ0v) is 9.75. The van der Waals surface area contributed by atoms with Gasteiger partial charge in [-0.15, -0.1) is 0 Å². The van der Waals surface area contributed by atoms with Crippen LogP contribution in [0.2, 0.25) is 0 Å². The molecule has 1 atom stereocenters. The van der Waals surface area contributed by atoms with Crippen LogP contribution < -0.4 is 5.32 Å². The van der Waals surface area contributed by atoms with Crippen LogP contribution >= 0.6 is 0 Å². The minimum Gasteiger partial charge on any atom is -0.381 e. The summed E-state index contributed by atoms with van der Waals surface area (Å²) in [5, 5.41) is 3.44. The Hall–Kier alpha value is -0.120. The predicted molar refractivity (Wildman–Crippen MR) is 59.6 cm³/mol. The van der Waals surface area contributed by atoms with Gasteiger partial charge in [0.2, 0.25) is 0 Å². The van der Waals surface area contributed by atoms with Crippen molar-refractivity contribution < 1.29 is 4.74 Å². The van der Waals surface area contributed by atoms with Crippen LogP contribution in [-0.4, -0.2) is 51.8 Å². The van der Waals surface area contributed by atoms with E-state index in [4.69, 9.17) is 4.74 Å². The molecule has 84 valence electrons. The molecule has 0 saturated carbocycles. The van der Waals surface area contributed by atoms with Gasteiger partial charge in [0.05, 0.1) is 0 Å². The minimum atomic E-state index is 0.668. The highest BCUT2D eigenvalue weighted by Gasteiger charge is 2.22. The van der Waals surface area contributed by atoms with Gasteiger partial charge in [-0.05, 0) is 52.9 Å². The highest BCUT2D eigenvalue weighted by Crippen LogP contribution is 2.20. The van der Waals surface area contributed by atoms with Crippen LogP contribution in [-0.2, 0) is 4.74 Å². The molecule has 1 rings (SSSR count). The lowest BCUT2D eigenvalue weighted by Crippen LogP contribution is -2.38. The van der Waals surface area contributed by atoms with Crippen LogP contribution in [0.5, 0.6) is 0 Å². The molecular weight excluding hydrogens is 176 g/mol. The molecular formula is C11H24N2O. The van der Waals surface area contributed by atoms with Crippen molar-refractivity contribution in [3.8, 4) is 0 Å². The quantitative estimate of drug-likeness (QED) is 0.715. The maximum Gasteiger partial charge on any atom is 0.0469 e. The third-order valence-corrected chi connectivity index (χ3v) is 3.09. The highest BCUT2D eigenvalue weighted by atomic mass is 16.5. The number of nitrogens with zero attached hydrogens (tertiary/aromatic N) is 1.